The number of hydrogen-bond donors (Lipinski definition) is 1. The zero-order chi connectivity index (χ0) is 22.0. The van der Waals surface area contributed by atoms with E-state index < -0.39 is 11.7 Å². The van der Waals surface area contributed by atoms with Gasteiger partial charge in [-0.2, -0.15) is 5.10 Å². The lowest BCUT2D eigenvalue weighted by Crippen LogP contribution is -2.48. The molecule has 0 atom stereocenters. The predicted molar refractivity (Wildman–Crippen MR) is 113 cm³/mol. The molecular formula is C23H24N4O4. The number of hydrogen-bond acceptors (Lipinski definition) is 5. The van der Waals surface area contributed by atoms with E-state index in [1.54, 1.807) is 29.5 Å². The van der Waals surface area contributed by atoms with Gasteiger partial charge >= 0.3 is 0 Å². The highest BCUT2D eigenvalue weighted by Crippen LogP contribution is 2.19. The Morgan fingerprint density at radius 3 is 2.42 bits per heavy atom. The van der Waals surface area contributed by atoms with Gasteiger partial charge in [-0.3, -0.25) is 14.4 Å². The van der Waals surface area contributed by atoms with Gasteiger partial charge in [-0.25, -0.2) is 4.68 Å². The third kappa shape index (κ3) is 4.14. The Balaban J connectivity index is 1.39. The second kappa shape index (κ2) is 8.59. The number of rotatable bonds is 5. The molecule has 0 saturated carbocycles. The summed E-state index contributed by atoms with van der Waals surface area (Å²) in [6.07, 6.45) is 4.07. The van der Waals surface area contributed by atoms with Crippen LogP contribution >= 0.6 is 0 Å². The van der Waals surface area contributed by atoms with E-state index in [0.29, 0.717) is 48.4 Å². The van der Waals surface area contributed by atoms with Crippen molar-refractivity contribution < 1.29 is 18.8 Å². The van der Waals surface area contributed by atoms with Gasteiger partial charge in [0, 0.05) is 19.1 Å². The van der Waals surface area contributed by atoms with Crippen molar-refractivity contribution in [3.05, 3.63) is 71.4 Å². The van der Waals surface area contributed by atoms with E-state index in [4.69, 9.17) is 4.42 Å². The maximum Gasteiger partial charge on any atom is 0.292 e. The molecule has 160 valence electrons. The van der Waals surface area contributed by atoms with E-state index in [1.165, 1.54) is 12.5 Å². The summed E-state index contributed by atoms with van der Waals surface area (Å²) in [4.78, 5) is 39.7. The Kier molecular flexibility index (Phi) is 5.70. The zero-order valence-electron chi connectivity index (χ0n) is 17.5. The molecule has 0 bridgehead atoms. The third-order valence-electron chi connectivity index (χ3n) is 5.61. The molecule has 1 N–H and O–H groups in total. The highest BCUT2D eigenvalue weighted by atomic mass is 16.3. The number of carbonyl (C=O) groups excluding carboxylic acids is 3. The topological polar surface area (TPSA) is 97.4 Å². The molecule has 1 aromatic carbocycles. The molecule has 0 aliphatic carbocycles. The fourth-order valence-corrected chi connectivity index (χ4v) is 3.95. The van der Waals surface area contributed by atoms with Crippen LogP contribution in [0.1, 0.15) is 44.9 Å². The number of piperidine rings is 1. The van der Waals surface area contributed by atoms with Crippen LogP contribution in [0.4, 0.5) is 0 Å². The number of para-hydroxylation sites is 1. The quantitative estimate of drug-likeness (QED) is 0.506. The highest BCUT2D eigenvalue weighted by Gasteiger charge is 2.29. The monoisotopic (exact) mass is 420 g/mol. The molecule has 2 amide bonds. The van der Waals surface area contributed by atoms with E-state index in [1.807, 2.05) is 30.3 Å². The molecule has 8 heteroatoms. The molecule has 0 spiro atoms. The summed E-state index contributed by atoms with van der Waals surface area (Å²) in [5.74, 6) is -1.32. The largest absolute Gasteiger partial charge is 0.472 e. The lowest BCUT2D eigenvalue weighted by molar-refractivity contribution is -0.117. The summed E-state index contributed by atoms with van der Waals surface area (Å²) in [5, 5.41) is 7.28. The minimum atomic E-state index is -0.640. The number of aromatic nitrogens is 2. The summed E-state index contributed by atoms with van der Waals surface area (Å²) in [7, 11) is 0. The fourth-order valence-electron chi connectivity index (χ4n) is 3.95. The van der Waals surface area contributed by atoms with Crippen LogP contribution in [0.25, 0.3) is 5.69 Å². The minimum Gasteiger partial charge on any atom is -0.472 e. The maximum absolute atomic E-state index is 12.9. The first-order valence-electron chi connectivity index (χ1n) is 10.2. The van der Waals surface area contributed by atoms with Gasteiger partial charge in [0.2, 0.25) is 0 Å². The van der Waals surface area contributed by atoms with Crippen molar-refractivity contribution in [3.63, 3.8) is 0 Å². The molecule has 8 nitrogen and oxygen atoms in total. The Morgan fingerprint density at radius 1 is 1.06 bits per heavy atom. The number of ketones is 1. The molecule has 0 unspecified atom stereocenters. The van der Waals surface area contributed by atoms with Crippen molar-refractivity contribution in [2.45, 2.75) is 32.7 Å². The van der Waals surface area contributed by atoms with Crippen LogP contribution < -0.4 is 5.32 Å². The Labute approximate surface area is 179 Å². The van der Waals surface area contributed by atoms with Gasteiger partial charge in [0.1, 0.15) is 6.26 Å². The first kappa shape index (κ1) is 20.6. The van der Waals surface area contributed by atoms with Crippen LogP contribution in [-0.4, -0.2) is 51.4 Å². The third-order valence-corrected chi connectivity index (χ3v) is 5.61. The van der Waals surface area contributed by atoms with E-state index in [9.17, 15) is 14.4 Å². The van der Waals surface area contributed by atoms with E-state index in [-0.39, 0.29) is 11.9 Å². The molecule has 1 aliphatic rings. The van der Waals surface area contributed by atoms with Crippen LogP contribution in [0, 0.1) is 13.8 Å². The van der Waals surface area contributed by atoms with Gasteiger partial charge in [0.15, 0.2) is 0 Å². The molecule has 0 radical (unpaired) electrons. The second-order valence-electron chi connectivity index (χ2n) is 7.67. The van der Waals surface area contributed by atoms with Gasteiger partial charge in [-0.1, -0.05) is 18.2 Å². The van der Waals surface area contributed by atoms with Crippen LogP contribution in [0.3, 0.4) is 0 Å². The summed E-state index contributed by atoms with van der Waals surface area (Å²) < 4.78 is 6.65. The molecule has 31 heavy (non-hydrogen) atoms. The van der Waals surface area contributed by atoms with Crippen molar-refractivity contribution >= 4 is 17.6 Å². The van der Waals surface area contributed by atoms with Crippen molar-refractivity contribution in [1.82, 2.24) is 20.0 Å². The average Bonchev–Trinajstić information content (AvgIpc) is 3.42. The number of Topliss-reactive ketones (excluding diaryl/α,β-unsaturated/α-hetero) is 1. The summed E-state index contributed by atoms with van der Waals surface area (Å²) in [6, 6.07) is 11.0. The van der Waals surface area contributed by atoms with Crippen LogP contribution in [0.5, 0.6) is 0 Å². The number of nitrogens with zero attached hydrogens (tertiary/aromatic N) is 3. The molecule has 2 aromatic heterocycles. The summed E-state index contributed by atoms with van der Waals surface area (Å²) in [6.45, 7) is 4.53. The first-order valence-corrected chi connectivity index (χ1v) is 10.2. The Morgan fingerprint density at radius 2 is 1.77 bits per heavy atom. The number of likely N-dealkylation sites (tertiary alicyclic amines) is 1. The van der Waals surface area contributed by atoms with Crippen LogP contribution in [0.15, 0.2) is 53.3 Å². The van der Waals surface area contributed by atoms with E-state index in [2.05, 4.69) is 10.4 Å². The smallest absolute Gasteiger partial charge is 0.292 e. The number of amides is 2. The van der Waals surface area contributed by atoms with Crippen molar-refractivity contribution in [2.24, 2.45) is 0 Å². The molecule has 4 rings (SSSR count). The van der Waals surface area contributed by atoms with Crippen LogP contribution in [0.2, 0.25) is 0 Å². The summed E-state index contributed by atoms with van der Waals surface area (Å²) >= 11 is 0. The highest BCUT2D eigenvalue weighted by molar-refractivity contribution is 6.43. The van der Waals surface area contributed by atoms with Crippen molar-refractivity contribution in [2.75, 3.05) is 13.1 Å². The standard InChI is InChI=1S/C23H24N4O4/c1-15-20(16(2)27(25-15)19-6-4-3-5-7-19)21(28)22(29)24-18-8-11-26(12-9-18)23(30)17-10-13-31-14-17/h3-7,10,13-14,18H,8-9,11-12H2,1-2H3,(H,24,29). The van der Waals surface area contributed by atoms with Gasteiger partial charge in [-0.15, -0.1) is 0 Å². The molecule has 1 saturated heterocycles. The predicted octanol–water partition coefficient (Wildman–Crippen LogP) is 2.69. The van der Waals surface area contributed by atoms with Gasteiger partial charge in [0.05, 0.1) is 34.5 Å². The van der Waals surface area contributed by atoms with Gasteiger partial charge in [0.25, 0.3) is 17.6 Å². The molecule has 3 heterocycles. The molecule has 1 fully saturated rings. The molecule has 3 aromatic rings. The van der Waals surface area contributed by atoms with E-state index >= 15 is 0 Å². The summed E-state index contributed by atoms with van der Waals surface area (Å²) in [5.41, 5.74) is 2.82. The average molecular weight is 420 g/mol. The SMILES string of the molecule is Cc1nn(-c2ccccc2)c(C)c1C(=O)C(=O)NC1CCN(C(=O)c2ccoc2)CC1. The van der Waals surface area contributed by atoms with Crippen molar-refractivity contribution in [1.29, 1.82) is 0 Å². The molecular weight excluding hydrogens is 396 g/mol. The van der Waals surface area contributed by atoms with E-state index in [0.717, 1.165) is 5.69 Å². The lowest BCUT2D eigenvalue weighted by Gasteiger charge is -2.32. The first-order chi connectivity index (χ1) is 15.0. The minimum absolute atomic E-state index is 0.0887. The number of carbonyl (C=O) groups is 3. The Bertz CT molecular complexity index is 1090. The van der Waals surface area contributed by atoms with Gasteiger partial charge < -0.3 is 14.6 Å². The zero-order valence-corrected chi connectivity index (χ0v) is 17.5. The number of aryl methyl sites for hydroxylation is 1. The number of benzene rings is 1. The van der Waals surface area contributed by atoms with Crippen LogP contribution in [-0.2, 0) is 4.79 Å². The fraction of sp³-hybridized carbons (Fsp3) is 0.304. The molecule has 1 aliphatic heterocycles. The number of nitrogens with one attached hydrogen (secondary N) is 1. The lowest BCUT2D eigenvalue weighted by atomic mass is 10.0. The van der Waals surface area contributed by atoms with Crippen molar-refractivity contribution in [3.8, 4) is 5.69 Å². The normalized spacial score (nSPS) is 14.5. The Hall–Kier alpha value is -3.68. The number of furan rings is 1. The van der Waals surface area contributed by atoms with Gasteiger partial charge in [-0.05, 0) is 44.9 Å². The maximum atomic E-state index is 12.9. The second-order valence-corrected chi connectivity index (χ2v) is 7.67.